The molecule has 1 aromatic carbocycles. The van der Waals surface area contributed by atoms with E-state index >= 15 is 0 Å². The zero-order valence-corrected chi connectivity index (χ0v) is 12.2. The van der Waals surface area contributed by atoms with Crippen LogP contribution >= 0.6 is 0 Å². The third-order valence-corrected chi connectivity index (χ3v) is 3.32. The van der Waals surface area contributed by atoms with E-state index in [-0.39, 0.29) is 17.9 Å². The quantitative estimate of drug-likeness (QED) is 0.416. The number of hydrogen-bond acceptors (Lipinski definition) is 6. The summed E-state index contributed by atoms with van der Waals surface area (Å²) in [5, 5.41) is 15.1. The molecule has 0 saturated heterocycles. The summed E-state index contributed by atoms with van der Waals surface area (Å²) in [7, 11) is 0. The summed E-state index contributed by atoms with van der Waals surface area (Å²) in [6.45, 7) is 1.48. The molecule has 116 valence electrons. The van der Waals surface area contributed by atoms with Gasteiger partial charge in [-0.25, -0.2) is 14.3 Å². The first-order valence-electron chi connectivity index (χ1n) is 6.77. The number of para-hydroxylation sites is 1. The maximum Gasteiger partial charge on any atom is 0.344 e. The number of esters is 1. The Labute approximate surface area is 130 Å². The number of carbonyl (C=O) groups excluding carboxylic acids is 1. The molecule has 0 amide bonds. The molecule has 0 aliphatic rings. The average Bonchev–Trinajstić information content (AvgIpc) is 2.88. The number of nitro groups is 1. The van der Waals surface area contributed by atoms with Crippen molar-refractivity contribution in [3.8, 4) is 0 Å². The van der Waals surface area contributed by atoms with Crippen molar-refractivity contribution >= 4 is 17.3 Å². The molecule has 0 saturated carbocycles. The summed E-state index contributed by atoms with van der Waals surface area (Å²) in [6.07, 6.45) is 3.23. The van der Waals surface area contributed by atoms with Crippen LogP contribution in [0.2, 0.25) is 0 Å². The Morgan fingerprint density at radius 2 is 2.13 bits per heavy atom. The molecule has 0 radical (unpaired) electrons. The van der Waals surface area contributed by atoms with Crippen LogP contribution in [0.15, 0.2) is 42.7 Å². The van der Waals surface area contributed by atoms with Crippen LogP contribution in [0.1, 0.15) is 21.6 Å². The van der Waals surface area contributed by atoms with Gasteiger partial charge in [-0.05, 0) is 19.1 Å². The monoisotopic (exact) mass is 312 g/mol. The van der Waals surface area contributed by atoms with Crippen LogP contribution in [0.3, 0.4) is 0 Å². The lowest BCUT2D eigenvalue weighted by Crippen LogP contribution is -2.08. The molecule has 0 unspecified atom stereocenters. The van der Waals surface area contributed by atoms with Gasteiger partial charge in [-0.2, -0.15) is 5.10 Å². The van der Waals surface area contributed by atoms with Crippen molar-refractivity contribution < 1.29 is 14.5 Å². The summed E-state index contributed by atoms with van der Waals surface area (Å²) in [4.78, 5) is 26.9. The van der Waals surface area contributed by atoms with E-state index in [1.165, 1.54) is 10.6 Å². The smallest absolute Gasteiger partial charge is 0.344 e. The SMILES string of the molecule is Cc1nn2cccnc2c1C(=O)OCc1ccccc1[N+](=O)[O-]. The molecule has 3 aromatic rings. The molecule has 0 bridgehead atoms. The molecule has 3 rings (SSSR count). The van der Waals surface area contributed by atoms with E-state index in [0.29, 0.717) is 16.9 Å². The summed E-state index contributed by atoms with van der Waals surface area (Å²) in [5.74, 6) is -0.616. The van der Waals surface area contributed by atoms with E-state index in [0.717, 1.165) is 0 Å². The van der Waals surface area contributed by atoms with Crippen molar-refractivity contribution in [3.63, 3.8) is 0 Å². The summed E-state index contributed by atoms with van der Waals surface area (Å²) < 4.78 is 6.70. The van der Waals surface area contributed by atoms with E-state index in [1.807, 2.05) is 0 Å². The number of carbonyl (C=O) groups is 1. The van der Waals surface area contributed by atoms with Gasteiger partial charge in [-0.15, -0.1) is 0 Å². The molecule has 0 aliphatic heterocycles. The Morgan fingerprint density at radius 3 is 2.91 bits per heavy atom. The zero-order valence-electron chi connectivity index (χ0n) is 12.2. The molecule has 0 atom stereocenters. The lowest BCUT2D eigenvalue weighted by Gasteiger charge is -2.05. The first-order valence-corrected chi connectivity index (χ1v) is 6.77. The van der Waals surface area contributed by atoms with Crippen molar-refractivity contribution in [1.82, 2.24) is 14.6 Å². The minimum Gasteiger partial charge on any atom is -0.457 e. The molecule has 0 spiro atoms. The molecule has 23 heavy (non-hydrogen) atoms. The Balaban J connectivity index is 1.85. The molecular formula is C15H12N4O4. The third-order valence-electron chi connectivity index (χ3n) is 3.32. The van der Waals surface area contributed by atoms with Gasteiger partial charge in [0, 0.05) is 18.5 Å². The highest BCUT2D eigenvalue weighted by Crippen LogP contribution is 2.20. The highest BCUT2D eigenvalue weighted by molar-refractivity contribution is 5.97. The van der Waals surface area contributed by atoms with Crippen molar-refractivity contribution in [2.45, 2.75) is 13.5 Å². The minimum absolute atomic E-state index is 0.0880. The van der Waals surface area contributed by atoms with Crippen molar-refractivity contribution in [1.29, 1.82) is 0 Å². The van der Waals surface area contributed by atoms with E-state index in [1.54, 1.807) is 43.6 Å². The molecule has 0 aliphatic carbocycles. The largest absolute Gasteiger partial charge is 0.457 e. The standard InChI is InChI=1S/C15H12N4O4/c1-10-13(14-16-7-4-8-18(14)17-10)15(20)23-9-11-5-2-3-6-12(11)19(21)22/h2-8H,9H2,1H3. The van der Waals surface area contributed by atoms with E-state index in [2.05, 4.69) is 10.1 Å². The topological polar surface area (TPSA) is 99.6 Å². The lowest BCUT2D eigenvalue weighted by molar-refractivity contribution is -0.385. The van der Waals surface area contributed by atoms with Gasteiger partial charge in [-0.3, -0.25) is 10.1 Å². The normalized spacial score (nSPS) is 10.7. The van der Waals surface area contributed by atoms with Crippen molar-refractivity contribution in [3.05, 3.63) is 69.7 Å². The predicted molar refractivity (Wildman–Crippen MR) is 79.9 cm³/mol. The first-order chi connectivity index (χ1) is 11.1. The van der Waals surface area contributed by atoms with Gasteiger partial charge in [0.25, 0.3) is 5.69 Å². The van der Waals surface area contributed by atoms with Gasteiger partial charge in [0.05, 0.1) is 16.2 Å². The van der Waals surface area contributed by atoms with E-state index in [4.69, 9.17) is 4.74 Å². The maximum absolute atomic E-state index is 12.3. The van der Waals surface area contributed by atoms with Crippen LogP contribution in [-0.4, -0.2) is 25.5 Å². The van der Waals surface area contributed by atoms with E-state index in [9.17, 15) is 14.9 Å². The predicted octanol–water partition coefficient (Wildman–Crippen LogP) is 2.30. The average molecular weight is 312 g/mol. The van der Waals surface area contributed by atoms with Gasteiger partial charge in [0.2, 0.25) is 0 Å². The van der Waals surface area contributed by atoms with Gasteiger partial charge in [0.15, 0.2) is 5.65 Å². The second-order valence-corrected chi connectivity index (χ2v) is 4.81. The number of nitrogens with zero attached hydrogens (tertiary/aromatic N) is 4. The Bertz CT molecular complexity index is 903. The molecule has 8 nitrogen and oxygen atoms in total. The first kappa shape index (κ1) is 14.6. The minimum atomic E-state index is -0.616. The van der Waals surface area contributed by atoms with Gasteiger partial charge in [0.1, 0.15) is 12.2 Å². The number of nitro benzene ring substituents is 1. The van der Waals surface area contributed by atoms with Crippen LogP contribution in [0.25, 0.3) is 5.65 Å². The number of fused-ring (bicyclic) bond motifs is 1. The number of ether oxygens (including phenoxy) is 1. The summed E-state index contributed by atoms with van der Waals surface area (Å²) in [5.41, 5.74) is 1.36. The number of aromatic nitrogens is 3. The number of hydrogen-bond donors (Lipinski definition) is 0. The van der Waals surface area contributed by atoms with Gasteiger partial charge in [-0.1, -0.05) is 12.1 Å². The fourth-order valence-corrected chi connectivity index (χ4v) is 2.26. The second kappa shape index (κ2) is 5.84. The summed E-state index contributed by atoms with van der Waals surface area (Å²) in [6, 6.07) is 7.82. The second-order valence-electron chi connectivity index (χ2n) is 4.81. The van der Waals surface area contributed by atoms with E-state index < -0.39 is 10.9 Å². The fraction of sp³-hybridized carbons (Fsp3) is 0.133. The Hall–Kier alpha value is -3.29. The number of rotatable bonds is 4. The van der Waals surface area contributed by atoms with Gasteiger partial charge < -0.3 is 4.74 Å². The Kier molecular flexibility index (Phi) is 3.71. The maximum atomic E-state index is 12.3. The lowest BCUT2D eigenvalue weighted by atomic mass is 10.2. The van der Waals surface area contributed by atoms with Crippen LogP contribution < -0.4 is 0 Å². The van der Waals surface area contributed by atoms with Crippen LogP contribution in [0.4, 0.5) is 5.69 Å². The molecule has 8 heteroatoms. The fourth-order valence-electron chi connectivity index (χ4n) is 2.26. The molecule has 2 aromatic heterocycles. The molecule has 0 N–H and O–H groups in total. The number of aryl methyl sites for hydroxylation is 1. The van der Waals surface area contributed by atoms with Crippen molar-refractivity contribution in [2.75, 3.05) is 0 Å². The molecule has 2 heterocycles. The third kappa shape index (κ3) is 2.73. The van der Waals surface area contributed by atoms with Crippen LogP contribution in [0, 0.1) is 17.0 Å². The number of benzene rings is 1. The van der Waals surface area contributed by atoms with Crippen LogP contribution in [-0.2, 0) is 11.3 Å². The molecular weight excluding hydrogens is 300 g/mol. The Morgan fingerprint density at radius 1 is 1.35 bits per heavy atom. The highest BCUT2D eigenvalue weighted by atomic mass is 16.6. The highest BCUT2D eigenvalue weighted by Gasteiger charge is 2.21. The summed E-state index contributed by atoms with van der Waals surface area (Å²) >= 11 is 0. The van der Waals surface area contributed by atoms with Crippen LogP contribution in [0.5, 0.6) is 0 Å². The van der Waals surface area contributed by atoms with Crippen molar-refractivity contribution in [2.24, 2.45) is 0 Å². The van der Waals surface area contributed by atoms with Gasteiger partial charge >= 0.3 is 5.97 Å². The zero-order chi connectivity index (χ0) is 16.4. The molecule has 0 fully saturated rings.